The molecule has 32 heavy (non-hydrogen) atoms. The van der Waals surface area contributed by atoms with E-state index in [0.29, 0.717) is 23.6 Å². The molecule has 2 amide bonds. The minimum absolute atomic E-state index is 0.209. The first kappa shape index (κ1) is 21.8. The van der Waals surface area contributed by atoms with Gasteiger partial charge in [-0.3, -0.25) is 9.59 Å². The van der Waals surface area contributed by atoms with Gasteiger partial charge >= 0.3 is 0 Å². The third-order valence-electron chi connectivity index (χ3n) is 5.19. The van der Waals surface area contributed by atoms with E-state index >= 15 is 0 Å². The van der Waals surface area contributed by atoms with Crippen molar-refractivity contribution < 1.29 is 19.4 Å². The van der Waals surface area contributed by atoms with E-state index in [9.17, 15) is 14.7 Å². The summed E-state index contributed by atoms with van der Waals surface area (Å²) in [5.74, 6) is -1.19. The van der Waals surface area contributed by atoms with Gasteiger partial charge in [-0.05, 0) is 46.8 Å². The van der Waals surface area contributed by atoms with Gasteiger partial charge in [-0.2, -0.15) is 0 Å². The lowest BCUT2D eigenvalue weighted by Gasteiger charge is -2.34. The molecule has 1 fully saturated rings. The summed E-state index contributed by atoms with van der Waals surface area (Å²) < 4.78 is 5.47. The lowest BCUT2D eigenvalue weighted by atomic mass is 10.1. The topological polar surface area (TPSA) is 105 Å². The van der Waals surface area contributed by atoms with Crippen LogP contribution in [0.3, 0.4) is 0 Å². The van der Waals surface area contributed by atoms with E-state index in [0.717, 1.165) is 16.0 Å². The number of carbonyl (C=O) groups excluding carboxylic acids is 2. The molecule has 0 bridgehead atoms. The van der Waals surface area contributed by atoms with Gasteiger partial charge in [0, 0.05) is 28.5 Å². The van der Waals surface area contributed by atoms with E-state index < -0.39 is 24.0 Å². The normalized spacial score (nSPS) is 17.1. The van der Waals surface area contributed by atoms with Crippen LogP contribution in [0.2, 0.25) is 0 Å². The van der Waals surface area contributed by atoms with Crippen molar-refractivity contribution in [3.8, 4) is 10.4 Å². The lowest BCUT2D eigenvalue weighted by Crippen LogP contribution is -2.55. The summed E-state index contributed by atoms with van der Waals surface area (Å²) in [4.78, 5) is 28.2. The molecule has 2 heterocycles. The van der Waals surface area contributed by atoms with Crippen LogP contribution >= 0.6 is 11.3 Å². The predicted octanol–water partition coefficient (Wildman–Crippen LogP) is 3.08. The van der Waals surface area contributed by atoms with Gasteiger partial charge in [-0.15, -0.1) is 11.3 Å². The van der Waals surface area contributed by atoms with Gasteiger partial charge in [0.1, 0.15) is 0 Å². The summed E-state index contributed by atoms with van der Waals surface area (Å²) in [7, 11) is 0. The molecule has 164 valence electrons. The number of anilines is 2. The highest BCUT2D eigenvalue weighted by Gasteiger charge is 2.39. The third-order valence-corrected chi connectivity index (χ3v) is 6.10. The van der Waals surface area contributed by atoms with E-state index in [1.165, 1.54) is 4.90 Å². The fourth-order valence-corrected chi connectivity index (χ4v) is 4.19. The highest BCUT2D eigenvalue weighted by atomic mass is 32.1. The van der Waals surface area contributed by atoms with Crippen LogP contribution < -0.4 is 16.0 Å². The molecule has 1 saturated heterocycles. The number of nitrogens with two attached hydrogens (primary N) is 1. The van der Waals surface area contributed by atoms with Gasteiger partial charge in [0.15, 0.2) is 12.2 Å². The molecule has 4 N–H and O–H groups in total. The minimum Gasteiger partial charge on any atom is -0.399 e. The number of amides is 2. The van der Waals surface area contributed by atoms with Crippen LogP contribution in [0.15, 0.2) is 72.6 Å². The molecule has 8 heteroatoms. The number of carbonyl (C=O) groups is 2. The summed E-state index contributed by atoms with van der Waals surface area (Å²) in [5.41, 5.74) is 8.99. The number of nitrogens with zero attached hydrogens (tertiary/aromatic N) is 1. The Kier molecular flexibility index (Phi) is 6.36. The molecule has 1 aliphatic heterocycles. The number of benzene rings is 2. The maximum absolute atomic E-state index is 13.0. The first-order valence-corrected chi connectivity index (χ1v) is 10.9. The van der Waals surface area contributed by atoms with Crippen molar-refractivity contribution in [3.05, 3.63) is 78.2 Å². The van der Waals surface area contributed by atoms with Crippen molar-refractivity contribution >= 4 is 40.2 Å². The standard InChI is InChI=1S/C24H23N3O4S/c1-15(25)16-4-8-18(9-5-16)26-23(29)21(28)22-24(30)27(12-13-31-22)19-10-6-17(7-11-19)20-3-2-14-32-20/h2-11,14,21-22,28H,1,12-13,25H2,(H,26,29)/t21-,22-/m1/s1. The summed E-state index contributed by atoms with van der Waals surface area (Å²) in [6.45, 7) is 4.20. The van der Waals surface area contributed by atoms with E-state index in [-0.39, 0.29) is 6.61 Å². The Balaban J connectivity index is 1.43. The number of hydrogen-bond acceptors (Lipinski definition) is 6. The van der Waals surface area contributed by atoms with Gasteiger partial charge in [0.25, 0.3) is 11.8 Å². The molecule has 7 nitrogen and oxygen atoms in total. The van der Waals surface area contributed by atoms with Crippen molar-refractivity contribution in [3.63, 3.8) is 0 Å². The second-order valence-electron chi connectivity index (χ2n) is 7.34. The maximum atomic E-state index is 13.0. The Morgan fingerprint density at radius 2 is 1.91 bits per heavy atom. The fraction of sp³-hybridized carbons (Fsp3) is 0.167. The molecule has 0 spiro atoms. The predicted molar refractivity (Wildman–Crippen MR) is 126 cm³/mol. The Morgan fingerprint density at radius 1 is 1.19 bits per heavy atom. The molecule has 0 radical (unpaired) electrons. The van der Waals surface area contributed by atoms with Crippen LogP contribution in [-0.2, 0) is 14.3 Å². The Labute approximate surface area is 189 Å². The zero-order valence-electron chi connectivity index (χ0n) is 17.2. The van der Waals surface area contributed by atoms with Crippen LogP contribution in [0.25, 0.3) is 16.1 Å². The maximum Gasteiger partial charge on any atom is 0.259 e. The third kappa shape index (κ3) is 4.57. The largest absolute Gasteiger partial charge is 0.399 e. The van der Waals surface area contributed by atoms with Gasteiger partial charge in [-0.25, -0.2) is 0 Å². The van der Waals surface area contributed by atoms with Crippen LogP contribution in [-0.4, -0.2) is 42.3 Å². The molecular weight excluding hydrogens is 426 g/mol. The van der Waals surface area contributed by atoms with E-state index in [1.807, 2.05) is 41.8 Å². The number of hydrogen-bond donors (Lipinski definition) is 3. The first-order valence-electron chi connectivity index (χ1n) is 10.0. The van der Waals surface area contributed by atoms with Crippen LogP contribution in [0, 0.1) is 0 Å². The molecule has 4 rings (SSSR count). The number of ether oxygens (including phenoxy) is 1. The fourth-order valence-electron chi connectivity index (χ4n) is 3.46. The number of morpholine rings is 1. The van der Waals surface area contributed by atoms with Gasteiger partial charge in [0.2, 0.25) is 0 Å². The number of nitrogens with one attached hydrogen (secondary N) is 1. The second-order valence-corrected chi connectivity index (χ2v) is 8.29. The summed E-state index contributed by atoms with van der Waals surface area (Å²) >= 11 is 1.64. The van der Waals surface area contributed by atoms with Crippen molar-refractivity contribution in [2.75, 3.05) is 23.4 Å². The van der Waals surface area contributed by atoms with Crippen LogP contribution in [0.1, 0.15) is 5.56 Å². The summed E-state index contributed by atoms with van der Waals surface area (Å²) in [6.07, 6.45) is -2.94. The monoisotopic (exact) mass is 449 g/mol. The molecule has 3 aromatic rings. The second kappa shape index (κ2) is 9.35. The van der Waals surface area contributed by atoms with E-state index in [1.54, 1.807) is 35.6 Å². The SMILES string of the molecule is C=C(N)c1ccc(NC(=O)[C@H](O)[C@H]2OCCN(c3ccc(-c4cccs4)cc3)C2=O)cc1. The van der Waals surface area contributed by atoms with E-state index in [4.69, 9.17) is 10.5 Å². The zero-order valence-corrected chi connectivity index (χ0v) is 18.0. The lowest BCUT2D eigenvalue weighted by molar-refractivity contribution is -0.150. The van der Waals surface area contributed by atoms with Crippen LogP contribution in [0.5, 0.6) is 0 Å². The highest BCUT2D eigenvalue weighted by molar-refractivity contribution is 7.13. The minimum atomic E-state index is -1.65. The average molecular weight is 450 g/mol. The van der Waals surface area contributed by atoms with Gasteiger partial charge < -0.3 is 25.8 Å². The quantitative estimate of drug-likeness (QED) is 0.536. The summed E-state index contributed by atoms with van der Waals surface area (Å²) in [6, 6.07) is 18.3. The molecule has 2 atom stereocenters. The Hall–Kier alpha value is -3.46. The molecule has 0 aliphatic carbocycles. The van der Waals surface area contributed by atoms with Gasteiger partial charge in [0.05, 0.1) is 6.61 Å². The van der Waals surface area contributed by atoms with Crippen molar-refractivity contribution in [1.29, 1.82) is 0 Å². The Bertz CT molecular complexity index is 1110. The van der Waals surface area contributed by atoms with Gasteiger partial charge in [-0.1, -0.05) is 36.9 Å². The number of aliphatic hydroxyl groups excluding tert-OH is 1. The van der Waals surface area contributed by atoms with Crippen molar-refractivity contribution in [2.24, 2.45) is 5.73 Å². The first-order chi connectivity index (χ1) is 15.4. The molecule has 0 saturated carbocycles. The van der Waals surface area contributed by atoms with E-state index in [2.05, 4.69) is 11.9 Å². The summed E-state index contributed by atoms with van der Waals surface area (Å²) in [5, 5.41) is 15.1. The number of rotatable bonds is 6. The highest BCUT2D eigenvalue weighted by Crippen LogP contribution is 2.28. The molecule has 1 aliphatic rings. The van der Waals surface area contributed by atoms with Crippen molar-refractivity contribution in [1.82, 2.24) is 0 Å². The molecular formula is C24H23N3O4S. The Morgan fingerprint density at radius 3 is 2.53 bits per heavy atom. The molecule has 1 aromatic heterocycles. The number of thiophene rings is 1. The smallest absolute Gasteiger partial charge is 0.259 e. The number of aliphatic hydroxyl groups is 1. The zero-order chi connectivity index (χ0) is 22.7. The molecule has 2 aromatic carbocycles. The van der Waals surface area contributed by atoms with Crippen LogP contribution in [0.4, 0.5) is 11.4 Å². The average Bonchev–Trinajstić information content (AvgIpc) is 3.34. The van der Waals surface area contributed by atoms with Crippen molar-refractivity contribution in [2.45, 2.75) is 12.2 Å². The molecule has 0 unspecified atom stereocenters.